The molecule has 2 aliphatic rings. The first-order chi connectivity index (χ1) is 9.65. The third-order valence-electron chi connectivity index (χ3n) is 4.43. The maximum atomic E-state index is 12.8. The van der Waals surface area contributed by atoms with E-state index in [9.17, 15) is 4.79 Å². The average molecular weight is 265 g/mol. The van der Waals surface area contributed by atoms with Crippen LogP contribution in [0.5, 0.6) is 5.75 Å². The van der Waals surface area contributed by atoms with E-state index in [2.05, 4.69) is 11.0 Å². The van der Waals surface area contributed by atoms with Crippen LogP contribution < -0.4 is 9.64 Å². The number of hydrogen-bond acceptors (Lipinski definition) is 3. The van der Waals surface area contributed by atoms with Gasteiger partial charge >= 0.3 is 0 Å². The van der Waals surface area contributed by atoms with Crippen molar-refractivity contribution in [3.8, 4) is 5.75 Å². The predicted octanol–water partition coefficient (Wildman–Crippen LogP) is 3.34. The minimum atomic E-state index is -0.488. The first-order valence-corrected chi connectivity index (χ1v) is 6.76. The topological polar surface area (TPSA) is 29.5 Å². The number of ether oxygens (including phenoxy) is 1. The molecule has 0 saturated heterocycles. The average Bonchev–Trinajstić information content (AvgIpc) is 2.88. The molecule has 3 heteroatoms. The van der Waals surface area contributed by atoms with E-state index in [0.717, 1.165) is 29.1 Å². The van der Waals surface area contributed by atoms with Crippen molar-refractivity contribution in [3.63, 3.8) is 0 Å². The molecule has 0 aliphatic carbocycles. The van der Waals surface area contributed by atoms with Gasteiger partial charge in [-0.2, -0.15) is 0 Å². The number of anilines is 2. The van der Waals surface area contributed by atoms with Gasteiger partial charge in [-0.25, -0.2) is 0 Å². The Hall–Kier alpha value is -2.29. The maximum Gasteiger partial charge on any atom is 0.190 e. The molecule has 0 saturated carbocycles. The molecule has 2 aromatic carbocycles. The van der Waals surface area contributed by atoms with Crippen LogP contribution in [0.4, 0.5) is 11.4 Å². The lowest BCUT2D eigenvalue weighted by Crippen LogP contribution is -2.42. The van der Waals surface area contributed by atoms with Crippen molar-refractivity contribution < 1.29 is 9.53 Å². The number of methoxy groups -OCH3 is 1. The third kappa shape index (κ3) is 1.22. The molecule has 0 spiro atoms. The highest BCUT2D eigenvalue weighted by molar-refractivity contribution is 6.17. The molecule has 0 radical (unpaired) electrons. The van der Waals surface area contributed by atoms with Crippen molar-refractivity contribution in [1.82, 2.24) is 0 Å². The van der Waals surface area contributed by atoms with Crippen LogP contribution in [0.2, 0.25) is 0 Å². The summed E-state index contributed by atoms with van der Waals surface area (Å²) in [4.78, 5) is 14.9. The number of nitrogens with zero attached hydrogens (tertiary/aromatic N) is 1. The van der Waals surface area contributed by atoms with Crippen molar-refractivity contribution in [2.24, 2.45) is 0 Å². The highest BCUT2D eigenvalue weighted by Crippen LogP contribution is 2.52. The van der Waals surface area contributed by atoms with Gasteiger partial charge in [0.1, 0.15) is 11.3 Å². The fourth-order valence-electron chi connectivity index (χ4n) is 3.49. The van der Waals surface area contributed by atoms with Crippen molar-refractivity contribution in [2.75, 3.05) is 12.0 Å². The second-order valence-corrected chi connectivity index (χ2v) is 5.63. The van der Waals surface area contributed by atoms with Crippen LogP contribution >= 0.6 is 0 Å². The Balaban J connectivity index is 1.95. The molecule has 3 nitrogen and oxygen atoms in total. The summed E-state index contributed by atoms with van der Waals surface area (Å²) >= 11 is 0. The monoisotopic (exact) mass is 265 g/mol. The zero-order chi connectivity index (χ0) is 13.9. The van der Waals surface area contributed by atoms with E-state index in [1.165, 1.54) is 5.56 Å². The van der Waals surface area contributed by atoms with Gasteiger partial charge in [0.15, 0.2) is 5.78 Å². The van der Waals surface area contributed by atoms with Gasteiger partial charge in [0.2, 0.25) is 0 Å². The van der Waals surface area contributed by atoms with Crippen LogP contribution in [0.15, 0.2) is 42.5 Å². The van der Waals surface area contributed by atoms with Crippen molar-refractivity contribution in [3.05, 3.63) is 53.6 Å². The van der Waals surface area contributed by atoms with Gasteiger partial charge in [-0.3, -0.25) is 4.79 Å². The van der Waals surface area contributed by atoms with Gasteiger partial charge in [0, 0.05) is 17.7 Å². The maximum absolute atomic E-state index is 12.8. The molecule has 100 valence electrons. The van der Waals surface area contributed by atoms with Crippen LogP contribution in [-0.4, -0.2) is 18.4 Å². The third-order valence-corrected chi connectivity index (χ3v) is 4.43. The van der Waals surface area contributed by atoms with Crippen molar-refractivity contribution >= 4 is 17.2 Å². The Kier molecular flexibility index (Phi) is 2.09. The lowest BCUT2D eigenvalue weighted by atomic mass is 9.91. The molecule has 0 N–H and O–H groups in total. The Morgan fingerprint density at radius 1 is 1.15 bits per heavy atom. The molecule has 0 aromatic heterocycles. The number of Topliss-reactive ketones (excluding diaryl/α,β-unsaturated/α-hetero) is 1. The highest BCUT2D eigenvalue weighted by atomic mass is 16.5. The lowest BCUT2D eigenvalue weighted by Gasteiger charge is -2.28. The minimum Gasteiger partial charge on any atom is -0.497 e. The number of para-hydroxylation sites is 1. The zero-order valence-electron chi connectivity index (χ0n) is 11.5. The summed E-state index contributed by atoms with van der Waals surface area (Å²) in [6, 6.07) is 13.9. The van der Waals surface area contributed by atoms with Crippen molar-refractivity contribution in [1.29, 1.82) is 0 Å². The van der Waals surface area contributed by atoms with Crippen molar-refractivity contribution in [2.45, 2.75) is 18.9 Å². The SMILES string of the molecule is COc1ccc2c(c1)CC1(C)C(=O)c3ccccc3N21. The van der Waals surface area contributed by atoms with Gasteiger partial charge in [0.25, 0.3) is 0 Å². The van der Waals surface area contributed by atoms with Crippen LogP contribution in [0.1, 0.15) is 22.8 Å². The van der Waals surface area contributed by atoms with E-state index in [-0.39, 0.29) is 5.78 Å². The standard InChI is InChI=1S/C17H15NO2/c1-17-10-11-9-12(20-2)7-8-14(11)18(17)15-6-4-3-5-13(15)16(17)19/h3-9H,10H2,1-2H3. The summed E-state index contributed by atoms with van der Waals surface area (Å²) in [5, 5.41) is 0. The highest BCUT2D eigenvalue weighted by Gasteiger charge is 2.52. The zero-order valence-corrected chi connectivity index (χ0v) is 11.5. The molecular formula is C17H15NO2. The van der Waals surface area contributed by atoms with E-state index in [4.69, 9.17) is 4.74 Å². The molecule has 1 atom stereocenters. The Bertz CT molecular complexity index is 738. The summed E-state index contributed by atoms with van der Waals surface area (Å²) in [5.41, 5.74) is 3.65. The Labute approximate surface area is 117 Å². The number of benzene rings is 2. The second kappa shape index (κ2) is 3.63. The molecule has 0 fully saturated rings. The second-order valence-electron chi connectivity index (χ2n) is 5.63. The van der Waals surface area contributed by atoms with Gasteiger partial charge in [-0.05, 0) is 42.8 Å². The Morgan fingerprint density at radius 2 is 1.95 bits per heavy atom. The fourth-order valence-corrected chi connectivity index (χ4v) is 3.49. The van der Waals surface area contributed by atoms with E-state index < -0.39 is 5.54 Å². The van der Waals surface area contributed by atoms with Gasteiger partial charge in [-0.1, -0.05) is 12.1 Å². The summed E-state index contributed by atoms with van der Waals surface area (Å²) < 4.78 is 5.29. The number of fused-ring (bicyclic) bond motifs is 5. The molecule has 4 rings (SSSR count). The minimum absolute atomic E-state index is 0.211. The summed E-state index contributed by atoms with van der Waals surface area (Å²) in [6.07, 6.45) is 0.729. The molecule has 2 aliphatic heterocycles. The molecule has 1 unspecified atom stereocenters. The van der Waals surface area contributed by atoms with Gasteiger partial charge in [-0.15, -0.1) is 0 Å². The number of carbonyl (C=O) groups is 1. The fraction of sp³-hybridized carbons (Fsp3) is 0.235. The number of rotatable bonds is 1. The Morgan fingerprint density at radius 3 is 2.75 bits per heavy atom. The smallest absolute Gasteiger partial charge is 0.190 e. The first kappa shape index (κ1) is 11.5. The quantitative estimate of drug-likeness (QED) is 0.792. The molecule has 2 aromatic rings. The summed E-state index contributed by atoms with van der Waals surface area (Å²) in [6.45, 7) is 2.03. The largest absolute Gasteiger partial charge is 0.497 e. The van der Waals surface area contributed by atoms with E-state index in [0.29, 0.717) is 0 Å². The van der Waals surface area contributed by atoms with E-state index in [1.807, 2.05) is 43.3 Å². The normalized spacial score (nSPS) is 22.5. The van der Waals surface area contributed by atoms with E-state index in [1.54, 1.807) is 7.11 Å². The van der Waals surface area contributed by atoms with Gasteiger partial charge < -0.3 is 9.64 Å². The number of carbonyl (C=O) groups excluding carboxylic acids is 1. The lowest BCUT2D eigenvalue weighted by molar-refractivity contribution is 0.0923. The molecule has 0 bridgehead atoms. The number of ketones is 1. The summed E-state index contributed by atoms with van der Waals surface area (Å²) in [5.74, 6) is 1.05. The first-order valence-electron chi connectivity index (χ1n) is 6.76. The van der Waals surface area contributed by atoms with Crippen LogP contribution in [0.3, 0.4) is 0 Å². The molecular weight excluding hydrogens is 250 g/mol. The van der Waals surface area contributed by atoms with Gasteiger partial charge in [0.05, 0.1) is 12.8 Å². The number of hydrogen-bond donors (Lipinski definition) is 0. The molecule has 0 amide bonds. The van der Waals surface area contributed by atoms with Crippen LogP contribution in [0, 0.1) is 0 Å². The van der Waals surface area contributed by atoms with E-state index >= 15 is 0 Å². The molecule has 20 heavy (non-hydrogen) atoms. The predicted molar refractivity (Wildman–Crippen MR) is 78.0 cm³/mol. The summed E-state index contributed by atoms with van der Waals surface area (Å²) in [7, 11) is 1.67. The van der Waals surface area contributed by atoms with Crippen LogP contribution in [-0.2, 0) is 6.42 Å². The van der Waals surface area contributed by atoms with Crippen LogP contribution in [0.25, 0.3) is 0 Å². The molecule has 2 heterocycles.